The predicted molar refractivity (Wildman–Crippen MR) is 99.9 cm³/mol. The van der Waals surface area contributed by atoms with Gasteiger partial charge >= 0.3 is 6.18 Å². The molecule has 1 saturated heterocycles. The molecule has 3 unspecified atom stereocenters. The molecule has 1 amide bonds. The molecule has 1 heterocycles. The van der Waals surface area contributed by atoms with Crippen molar-refractivity contribution in [2.24, 2.45) is 5.92 Å². The third kappa shape index (κ3) is 5.93. The van der Waals surface area contributed by atoms with E-state index in [0.29, 0.717) is 19.4 Å². The maximum Gasteiger partial charge on any atom is 0.391 e. The third-order valence-electron chi connectivity index (χ3n) is 5.42. The Morgan fingerprint density at radius 3 is 2.45 bits per heavy atom. The van der Waals surface area contributed by atoms with Gasteiger partial charge in [-0.2, -0.15) is 13.2 Å². The molecule has 1 aromatic rings. The first-order valence-electron chi connectivity index (χ1n) is 9.74. The Morgan fingerprint density at radius 1 is 1.10 bits per heavy atom. The molecule has 10 heteroatoms. The number of carbonyl (C=O) groups is 1. The number of benzene rings is 1. The van der Waals surface area contributed by atoms with E-state index in [-0.39, 0.29) is 35.9 Å². The molecule has 3 atom stereocenters. The molecule has 2 fully saturated rings. The average Bonchev–Trinajstić information content (AvgIpc) is 3.20. The van der Waals surface area contributed by atoms with E-state index in [4.69, 9.17) is 4.74 Å². The third-order valence-corrected chi connectivity index (χ3v) is 6.86. The van der Waals surface area contributed by atoms with Gasteiger partial charge in [-0.1, -0.05) is 6.42 Å². The van der Waals surface area contributed by atoms with Crippen LogP contribution in [0.4, 0.5) is 13.2 Å². The van der Waals surface area contributed by atoms with Gasteiger partial charge in [0.15, 0.2) is 0 Å². The van der Waals surface area contributed by atoms with Crippen molar-refractivity contribution in [2.75, 3.05) is 13.2 Å². The second kappa shape index (κ2) is 9.01. The van der Waals surface area contributed by atoms with Crippen LogP contribution in [-0.2, 0) is 14.8 Å². The van der Waals surface area contributed by atoms with Crippen molar-refractivity contribution in [3.63, 3.8) is 0 Å². The summed E-state index contributed by atoms with van der Waals surface area (Å²) >= 11 is 0. The lowest BCUT2D eigenvalue weighted by Crippen LogP contribution is -2.41. The highest BCUT2D eigenvalue weighted by atomic mass is 32.2. The van der Waals surface area contributed by atoms with Crippen molar-refractivity contribution in [1.29, 1.82) is 0 Å². The summed E-state index contributed by atoms with van der Waals surface area (Å²) in [7, 11) is -3.73. The highest BCUT2D eigenvalue weighted by Gasteiger charge is 2.42. The Morgan fingerprint density at radius 2 is 1.83 bits per heavy atom. The first-order chi connectivity index (χ1) is 13.6. The van der Waals surface area contributed by atoms with Crippen LogP contribution in [0.3, 0.4) is 0 Å². The van der Waals surface area contributed by atoms with E-state index < -0.39 is 34.1 Å². The van der Waals surface area contributed by atoms with Crippen molar-refractivity contribution < 1.29 is 31.1 Å². The fourth-order valence-electron chi connectivity index (χ4n) is 3.76. The largest absolute Gasteiger partial charge is 0.391 e. The average molecular weight is 434 g/mol. The van der Waals surface area contributed by atoms with Crippen LogP contribution in [0.2, 0.25) is 0 Å². The molecule has 3 rings (SSSR count). The lowest BCUT2D eigenvalue weighted by Gasteiger charge is -2.31. The predicted octanol–water partition coefficient (Wildman–Crippen LogP) is 2.99. The smallest absolute Gasteiger partial charge is 0.377 e. The maximum atomic E-state index is 12.9. The number of amides is 1. The minimum atomic E-state index is -4.25. The molecule has 162 valence electrons. The quantitative estimate of drug-likeness (QED) is 0.721. The van der Waals surface area contributed by atoms with Gasteiger partial charge in [-0.15, -0.1) is 0 Å². The second-order valence-electron chi connectivity index (χ2n) is 7.59. The fourth-order valence-corrected chi connectivity index (χ4v) is 4.83. The first kappa shape index (κ1) is 22.0. The number of hydrogen-bond acceptors (Lipinski definition) is 4. The van der Waals surface area contributed by atoms with Crippen LogP contribution in [0.1, 0.15) is 48.9 Å². The topological polar surface area (TPSA) is 84.5 Å². The van der Waals surface area contributed by atoms with Gasteiger partial charge in [0.2, 0.25) is 10.0 Å². The van der Waals surface area contributed by atoms with Crippen molar-refractivity contribution >= 4 is 15.9 Å². The zero-order valence-electron chi connectivity index (χ0n) is 15.9. The van der Waals surface area contributed by atoms with Crippen LogP contribution in [0.5, 0.6) is 0 Å². The molecule has 1 saturated carbocycles. The van der Waals surface area contributed by atoms with Crippen molar-refractivity contribution in [1.82, 2.24) is 10.0 Å². The first-order valence-corrected chi connectivity index (χ1v) is 11.2. The molecule has 29 heavy (non-hydrogen) atoms. The normalized spacial score (nSPS) is 25.7. The van der Waals surface area contributed by atoms with Gasteiger partial charge in [0.1, 0.15) is 0 Å². The summed E-state index contributed by atoms with van der Waals surface area (Å²) in [6.45, 7) is 0.813. The highest BCUT2D eigenvalue weighted by molar-refractivity contribution is 7.89. The molecular formula is C19H25F3N2O4S. The van der Waals surface area contributed by atoms with E-state index in [0.717, 1.165) is 12.8 Å². The molecule has 2 aliphatic rings. The van der Waals surface area contributed by atoms with Gasteiger partial charge < -0.3 is 10.1 Å². The fraction of sp³-hybridized carbons (Fsp3) is 0.632. The van der Waals surface area contributed by atoms with Gasteiger partial charge in [0.25, 0.3) is 5.91 Å². The summed E-state index contributed by atoms with van der Waals surface area (Å²) in [5, 5.41) is 2.64. The van der Waals surface area contributed by atoms with Crippen molar-refractivity contribution in [2.45, 2.75) is 61.7 Å². The number of ether oxygens (including phenoxy) is 1. The van der Waals surface area contributed by atoms with Crippen molar-refractivity contribution in [3.05, 3.63) is 29.8 Å². The molecular weight excluding hydrogens is 409 g/mol. The van der Waals surface area contributed by atoms with Gasteiger partial charge in [0, 0.05) is 24.8 Å². The molecule has 0 aromatic heterocycles. The molecule has 1 aromatic carbocycles. The van der Waals surface area contributed by atoms with E-state index in [2.05, 4.69) is 10.0 Å². The van der Waals surface area contributed by atoms with Crippen LogP contribution >= 0.6 is 0 Å². The monoisotopic (exact) mass is 434 g/mol. The second-order valence-corrected chi connectivity index (χ2v) is 9.35. The van der Waals surface area contributed by atoms with Gasteiger partial charge in [-0.05, 0) is 56.4 Å². The number of carbonyl (C=O) groups excluding carboxylic acids is 1. The summed E-state index contributed by atoms with van der Waals surface area (Å²) in [5.41, 5.74) is 0.206. The Hall–Kier alpha value is -1.65. The zero-order chi connectivity index (χ0) is 21.1. The summed E-state index contributed by atoms with van der Waals surface area (Å²) < 4.78 is 71.3. The lowest BCUT2D eigenvalue weighted by molar-refractivity contribution is -0.183. The van der Waals surface area contributed by atoms with E-state index in [1.165, 1.54) is 24.3 Å². The SMILES string of the molecule is O=C(NC1CCCC(C(F)(F)F)C1)c1ccc(S(=O)(=O)NCC2CCCO2)cc1. The summed E-state index contributed by atoms with van der Waals surface area (Å²) in [4.78, 5) is 12.4. The van der Waals surface area contributed by atoms with E-state index in [1.807, 2.05) is 0 Å². The van der Waals surface area contributed by atoms with Crippen LogP contribution in [0, 0.1) is 5.92 Å². The summed E-state index contributed by atoms with van der Waals surface area (Å²) in [6.07, 6.45) is -1.82. The Labute approximate surface area is 168 Å². The van der Waals surface area contributed by atoms with E-state index in [1.54, 1.807) is 0 Å². The molecule has 6 nitrogen and oxygen atoms in total. The number of nitrogens with one attached hydrogen (secondary N) is 2. The van der Waals surface area contributed by atoms with Crippen LogP contribution in [-0.4, -0.2) is 45.8 Å². The van der Waals surface area contributed by atoms with E-state index >= 15 is 0 Å². The minimum Gasteiger partial charge on any atom is -0.377 e. The van der Waals surface area contributed by atoms with Gasteiger partial charge in [-0.25, -0.2) is 13.1 Å². The minimum absolute atomic E-state index is 0.0156. The number of sulfonamides is 1. The molecule has 1 aliphatic carbocycles. The van der Waals surface area contributed by atoms with Crippen LogP contribution < -0.4 is 10.0 Å². The number of hydrogen-bond donors (Lipinski definition) is 2. The number of alkyl halides is 3. The van der Waals surface area contributed by atoms with Crippen LogP contribution in [0.15, 0.2) is 29.2 Å². The molecule has 2 N–H and O–H groups in total. The standard InChI is InChI=1S/C19H25F3N2O4S/c20-19(21,22)14-3-1-4-15(11-14)24-18(25)13-6-8-17(9-7-13)29(26,27)23-12-16-5-2-10-28-16/h6-9,14-16,23H,1-5,10-12H2,(H,24,25). The van der Waals surface area contributed by atoms with E-state index in [9.17, 15) is 26.4 Å². The maximum absolute atomic E-state index is 12.9. The Bertz CT molecular complexity index is 806. The van der Waals surface area contributed by atoms with Crippen molar-refractivity contribution in [3.8, 4) is 0 Å². The number of rotatable bonds is 6. The van der Waals surface area contributed by atoms with Gasteiger partial charge in [0.05, 0.1) is 16.9 Å². The molecule has 0 radical (unpaired) electrons. The molecule has 1 aliphatic heterocycles. The highest BCUT2D eigenvalue weighted by Crippen LogP contribution is 2.37. The summed E-state index contributed by atoms with van der Waals surface area (Å²) in [5.74, 6) is -1.90. The summed E-state index contributed by atoms with van der Waals surface area (Å²) in [6, 6.07) is 4.80. The lowest BCUT2D eigenvalue weighted by atomic mass is 9.85. The molecule has 0 bridgehead atoms. The zero-order valence-corrected chi connectivity index (χ0v) is 16.7. The van der Waals surface area contributed by atoms with Crippen LogP contribution in [0.25, 0.3) is 0 Å². The number of halogens is 3. The Balaban J connectivity index is 1.56. The van der Waals surface area contributed by atoms with Gasteiger partial charge in [-0.3, -0.25) is 4.79 Å². The molecule has 0 spiro atoms. The Kier molecular flexibility index (Phi) is 6.85.